The van der Waals surface area contributed by atoms with Crippen LogP contribution >= 0.6 is 0 Å². The Labute approximate surface area is 181 Å². The number of aromatic amines is 1. The number of tetrazole rings is 1. The molecule has 0 saturated carbocycles. The number of likely N-dealkylation sites (tertiary alicyclic amines) is 1. The van der Waals surface area contributed by atoms with Crippen LogP contribution in [0.2, 0.25) is 0 Å². The summed E-state index contributed by atoms with van der Waals surface area (Å²) < 4.78 is 7.70. The molecule has 164 valence electrons. The van der Waals surface area contributed by atoms with Crippen LogP contribution in [0.25, 0.3) is 10.9 Å². The van der Waals surface area contributed by atoms with E-state index in [9.17, 15) is 4.79 Å². The summed E-state index contributed by atoms with van der Waals surface area (Å²) in [5, 5.41) is 13.8. The van der Waals surface area contributed by atoms with Gasteiger partial charge in [0.05, 0.1) is 31.3 Å². The molecular formula is C23H31N6O2+. The van der Waals surface area contributed by atoms with Crippen molar-refractivity contribution < 1.29 is 9.64 Å². The van der Waals surface area contributed by atoms with Crippen LogP contribution in [0, 0.1) is 12.8 Å². The smallest absolute Gasteiger partial charge is 0.258 e. The number of fused-ring (bicyclic) bond motifs is 1. The maximum atomic E-state index is 13.2. The average molecular weight is 424 g/mol. The van der Waals surface area contributed by atoms with Gasteiger partial charge in [0.2, 0.25) is 5.82 Å². The largest absolute Gasteiger partial charge is 0.376 e. The van der Waals surface area contributed by atoms with Crippen molar-refractivity contribution in [1.29, 1.82) is 0 Å². The van der Waals surface area contributed by atoms with E-state index in [-0.39, 0.29) is 17.7 Å². The highest BCUT2D eigenvalue weighted by Gasteiger charge is 2.36. The van der Waals surface area contributed by atoms with E-state index < -0.39 is 0 Å². The molecule has 0 radical (unpaired) electrons. The summed E-state index contributed by atoms with van der Waals surface area (Å²) in [6.07, 6.45) is 4.52. The van der Waals surface area contributed by atoms with E-state index >= 15 is 0 Å². The Bertz CT molecular complexity index is 1110. The van der Waals surface area contributed by atoms with Gasteiger partial charge in [0.1, 0.15) is 0 Å². The molecule has 0 spiro atoms. The van der Waals surface area contributed by atoms with E-state index in [1.165, 1.54) is 10.5 Å². The number of nitrogens with one attached hydrogen (secondary N) is 2. The van der Waals surface area contributed by atoms with Crippen LogP contribution in [0.15, 0.2) is 29.1 Å². The number of hydrogen-bond donors (Lipinski definition) is 2. The molecule has 2 aliphatic rings. The maximum Gasteiger partial charge on any atom is 0.258 e. The van der Waals surface area contributed by atoms with Crippen molar-refractivity contribution in [1.82, 2.24) is 25.2 Å². The monoisotopic (exact) mass is 423 g/mol. The Morgan fingerprint density at radius 2 is 2.10 bits per heavy atom. The standard InChI is InChI=1S/C23H30N6O2/c1-15-7-9-28(10-8-15)21(22-25-26-27-29(22)14-18-4-3-11-31-18)19-13-17-12-16(2)5-6-20(17)24-23(19)30/h5-6,12-13,15,18,21H,3-4,7-11,14H2,1-2H3,(H,24,30)/p+1/t18-,21-/m0/s1. The Hall–Kier alpha value is -2.58. The summed E-state index contributed by atoms with van der Waals surface area (Å²) in [4.78, 5) is 17.7. The molecule has 0 amide bonds. The lowest BCUT2D eigenvalue weighted by molar-refractivity contribution is -0.932. The third-order valence-electron chi connectivity index (χ3n) is 6.88. The summed E-state index contributed by atoms with van der Waals surface area (Å²) in [6, 6.07) is 7.96. The van der Waals surface area contributed by atoms with Gasteiger partial charge in [-0.2, -0.15) is 0 Å². The summed E-state index contributed by atoms with van der Waals surface area (Å²) in [5.41, 5.74) is 2.72. The SMILES string of the molecule is Cc1ccc2[nH]c(=O)c([C@@H](c3nnnn3C[C@@H]3CCCO3)[NH+]3CCC(C)CC3)cc2c1. The van der Waals surface area contributed by atoms with Crippen LogP contribution in [0.1, 0.15) is 55.6 Å². The molecule has 31 heavy (non-hydrogen) atoms. The minimum atomic E-state index is -0.197. The highest BCUT2D eigenvalue weighted by molar-refractivity contribution is 5.79. The first-order chi connectivity index (χ1) is 15.1. The number of ether oxygens (including phenoxy) is 1. The molecule has 2 N–H and O–H groups in total. The first kappa shape index (κ1) is 20.3. The van der Waals surface area contributed by atoms with Gasteiger partial charge in [0, 0.05) is 12.1 Å². The second kappa shape index (κ2) is 8.51. The Morgan fingerprint density at radius 1 is 1.26 bits per heavy atom. The van der Waals surface area contributed by atoms with E-state index in [0.717, 1.165) is 67.7 Å². The van der Waals surface area contributed by atoms with Gasteiger partial charge in [0.25, 0.3) is 5.56 Å². The van der Waals surface area contributed by atoms with Gasteiger partial charge in [0.15, 0.2) is 6.04 Å². The normalized spacial score (nSPS) is 25.2. The second-order valence-electron chi connectivity index (χ2n) is 9.27. The lowest BCUT2D eigenvalue weighted by atomic mass is 9.95. The molecule has 2 aliphatic heterocycles. The van der Waals surface area contributed by atoms with Crippen molar-refractivity contribution in [3.8, 4) is 0 Å². The molecule has 8 nitrogen and oxygen atoms in total. The quantitative estimate of drug-likeness (QED) is 0.648. The molecule has 8 heteroatoms. The van der Waals surface area contributed by atoms with Crippen LogP contribution in [0.3, 0.4) is 0 Å². The number of aromatic nitrogens is 5. The molecule has 2 atom stereocenters. The number of nitrogens with zero attached hydrogens (tertiary/aromatic N) is 4. The maximum absolute atomic E-state index is 13.2. The van der Waals surface area contributed by atoms with Crippen LogP contribution in [0.5, 0.6) is 0 Å². The zero-order valence-electron chi connectivity index (χ0n) is 18.3. The third-order valence-corrected chi connectivity index (χ3v) is 6.88. The van der Waals surface area contributed by atoms with Gasteiger partial charge in [-0.25, -0.2) is 4.68 Å². The van der Waals surface area contributed by atoms with Gasteiger partial charge < -0.3 is 14.6 Å². The van der Waals surface area contributed by atoms with Crippen molar-refractivity contribution in [3.05, 3.63) is 51.6 Å². The van der Waals surface area contributed by atoms with Crippen LogP contribution in [0.4, 0.5) is 0 Å². The van der Waals surface area contributed by atoms with Crippen LogP contribution in [-0.4, -0.2) is 51.0 Å². The summed E-state index contributed by atoms with van der Waals surface area (Å²) in [7, 11) is 0. The number of hydrogen-bond acceptors (Lipinski definition) is 5. The lowest BCUT2D eigenvalue weighted by Gasteiger charge is -2.33. The number of rotatable bonds is 5. The molecule has 2 fully saturated rings. The molecule has 3 aromatic rings. The summed E-state index contributed by atoms with van der Waals surface area (Å²) in [5.74, 6) is 1.47. The van der Waals surface area contributed by atoms with Gasteiger partial charge in [-0.05, 0) is 72.5 Å². The number of pyridine rings is 1. The van der Waals surface area contributed by atoms with E-state index in [1.54, 1.807) is 0 Å². The Kier molecular flexibility index (Phi) is 5.58. The van der Waals surface area contributed by atoms with Crippen molar-refractivity contribution in [2.75, 3.05) is 19.7 Å². The fourth-order valence-electron chi connectivity index (χ4n) is 5.05. The van der Waals surface area contributed by atoms with E-state index in [4.69, 9.17) is 4.74 Å². The van der Waals surface area contributed by atoms with Crippen molar-refractivity contribution in [3.63, 3.8) is 0 Å². The third kappa shape index (κ3) is 4.14. The minimum Gasteiger partial charge on any atom is -0.376 e. The highest BCUT2D eigenvalue weighted by Crippen LogP contribution is 2.22. The Morgan fingerprint density at radius 3 is 2.87 bits per heavy atom. The fourth-order valence-corrected chi connectivity index (χ4v) is 5.05. The molecular weight excluding hydrogens is 392 g/mol. The molecule has 0 unspecified atom stereocenters. The zero-order valence-corrected chi connectivity index (χ0v) is 18.3. The molecule has 0 bridgehead atoms. The van der Waals surface area contributed by atoms with E-state index in [1.807, 2.05) is 22.9 Å². The first-order valence-corrected chi connectivity index (χ1v) is 11.4. The molecule has 1 aromatic carbocycles. The van der Waals surface area contributed by atoms with Gasteiger partial charge in [-0.1, -0.05) is 18.6 Å². The molecule has 0 aliphatic carbocycles. The topological polar surface area (TPSA) is 90.1 Å². The molecule has 2 saturated heterocycles. The molecule has 2 aromatic heterocycles. The van der Waals surface area contributed by atoms with E-state index in [2.05, 4.69) is 40.4 Å². The average Bonchev–Trinajstić information content (AvgIpc) is 3.43. The van der Waals surface area contributed by atoms with Crippen LogP contribution < -0.4 is 10.5 Å². The molecule has 5 rings (SSSR count). The number of quaternary nitrogens is 1. The number of benzene rings is 1. The van der Waals surface area contributed by atoms with Gasteiger partial charge >= 0.3 is 0 Å². The molecule has 4 heterocycles. The second-order valence-corrected chi connectivity index (χ2v) is 9.27. The highest BCUT2D eigenvalue weighted by atomic mass is 16.5. The van der Waals surface area contributed by atoms with Crippen molar-refractivity contribution in [2.45, 2.75) is 58.2 Å². The van der Waals surface area contributed by atoms with E-state index in [0.29, 0.717) is 12.5 Å². The summed E-state index contributed by atoms with van der Waals surface area (Å²) >= 11 is 0. The fraction of sp³-hybridized carbons (Fsp3) is 0.565. The predicted molar refractivity (Wildman–Crippen MR) is 117 cm³/mol. The van der Waals surface area contributed by atoms with Crippen molar-refractivity contribution >= 4 is 10.9 Å². The Balaban J connectivity index is 1.59. The minimum absolute atomic E-state index is 0.0564. The lowest BCUT2D eigenvalue weighted by Crippen LogP contribution is -3.13. The number of H-pyrrole nitrogens is 1. The van der Waals surface area contributed by atoms with Crippen molar-refractivity contribution in [2.24, 2.45) is 5.92 Å². The first-order valence-electron chi connectivity index (χ1n) is 11.4. The zero-order chi connectivity index (χ0) is 21.4. The number of aryl methyl sites for hydroxylation is 1. The predicted octanol–water partition coefficient (Wildman–Crippen LogP) is 1.41. The van der Waals surface area contributed by atoms with Gasteiger partial charge in [-0.15, -0.1) is 5.10 Å². The van der Waals surface area contributed by atoms with Crippen LogP contribution in [-0.2, 0) is 11.3 Å². The van der Waals surface area contributed by atoms with Gasteiger partial charge in [-0.3, -0.25) is 4.79 Å². The summed E-state index contributed by atoms with van der Waals surface area (Å²) in [6.45, 7) is 7.81. The number of piperidine rings is 1.